The van der Waals surface area contributed by atoms with Crippen molar-refractivity contribution in [2.75, 3.05) is 4.90 Å². The van der Waals surface area contributed by atoms with Crippen molar-refractivity contribution in [3.8, 4) is 39.1 Å². The molecule has 3 heteroatoms. The molecule has 2 aromatic heterocycles. The molecule has 12 rings (SSSR count). The quantitative estimate of drug-likeness (QED) is 0.161. The number of furan rings is 1. The van der Waals surface area contributed by atoms with Crippen LogP contribution in [0.25, 0.3) is 93.6 Å². The topological polar surface area (TPSA) is 21.3 Å². The molecule has 0 N–H and O–H groups in total. The molecule has 61 heavy (non-hydrogen) atoms. The Hall–Kier alpha value is -8.14. The zero-order valence-electron chi connectivity index (χ0n) is 33.2. The summed E-state index contributed by atoms with van der Waals surface area (Å²) in [6, 6.07) is 83.0. The van der Waals surface area contributed by atoms with Crippen LogP contribution in [0.1, 0.15) is 0 Å². The van der Waals surface area contributed by atoms with Crippen molar-refractivity contribution in [3.05, 3.63) is 231 Å². The zero-order valence-corrected chi connectivity index (χ0v) is 33.2. The van der Waals surface area contributed by atoms with Gasteiger partial charge in [0.1, 0.15) is 11.2 Å². The van der Waals surface area contributed by atoms with E-state index in [0.29, 0.717) is 0 Å². The number of fused-ring (bicyclic) bond motifs is 7. The van der Waals surface area contributed by atoms with Gasteiger partial charge in [0, 0.05) is 32.8 Å². The van der Waals surface area contributed by atoms with Gasteiger partial charge in [0.05, 0.1) is 28.1 Å². The fraction of sp³-hybridized carbons (Fsp3) is 0. The summed E-state index contributed by atoms with van der Waals surface area (Å²) in [6.45, 7) is 0. The van der Waals surface area contributed by atoms with Crippen LogP contribution in [0, 0.1) is 0 Å². The van der Waals surface area contributed by atoms with Crippen LogP contribution in [-0.4, -0.2) is 4.57 Å². The second kappa shape index (κ2) is 14.3. The lowest BCUT2D eigenvalue weighted by Crippen LogP contribution is -2.14. The molecule has 0 saturated carbocycles. The zero-order chi connectivity index (χ0) is 40.3. The number of hydrogen-bond acceptors (Lipinski definition) is 2. The molecule has 0 spiro atoms. The molecule has 0 amide bonds. The highest BCUT2D eigenvalue weighted by atomic mass is 16.3. The lowest BCUT2D eigenvalue weighted by Gasteiger charge is -2.30. The number of anilines is 3. The van der Waals surface area contributed by atoms with Crippen LogP contribution in [0.3, 0.4) is 0 Å². The average Bonchev–Trinajstić information content (AvgIpc) is 3.88. The maximum Gasteiger partial charge on any atom is 0.136 e. The molecule has 2 heterocycles. The first-order chi connectivity index (χ1) is 30.3. The number of hydrogen-bond donors (Lipinski definition) is 0. The molecule has 0 aliphatic carbocycles. The van der Waals surface area contributed by atoms with Crippen molar-refractivity contribution in [2.24, 2.45) is 0 Å². The molecule has 0 bridgehead atoms. The van der Waals surface area contributed by atoms with Crippen LogP contribution in [0.2, 0.25) is 0 Å². The average molecular weight is 779 g/mol. The Labute approximate surface area is 353 Å². The Bertz CT molecular complexity index is 3550. The molecule has 10 aromatic carbocycles. The van der Waals surface area contributed by atoms with E-state index in [2.05, 4.69) is 234 Å². The van der Waals surface area contributed by atoms with E-state index in [-0.39, 0.29) is 0 Å². The van der Waals surface area contributed by atoms with Crippen molar-refractivity contribution in [1.82, 2.24) is 4.57 Å². The monoisotopic (exact) mass is 778 g/mol. The highest BCUT2D eigenvalue weighted by Gasteiger charge is 2.24. The maximum atomic E-state index is 6.43. The number of benzene rings is 10. The van der Waals surface area contributed by atoms with Crippen LogP contribution in [0.15, 0.2) is 235 Å². The van der Waals surface area contributed by atoms with Crippen LogP contribution in [0.4, 0.5) is 17.1 Å². The third-order valence-corrected chi connectivity index (χ3v) is 12.2. The van der Waals surface area contributed by atoms with Gasteiger partial charge in [-0.1, -0.05) is 170 Å². The Morgan fingerprint density at radius 3 is 1.72 bits per heavy atom. The van der Waals surface area contributed by atoms with Gasteiger partial charge >= 0.3 is 0 Å². The molecule has 0 fully saturated rings. The molecule has 0 aliphatic rings. The first kappa shape index (κ1) is 34.9. The van der Waals surface area contributed by atoms with Crippen LogP contribution in [-0.2, 0) is 0 Å². The van der Waals surface area contributed by atoms with Gasteiger partial charge in [0.15, 0.2) is 0 Å². The molecule has 0 aliphatic heterocycles. The van der Waals surface area contributed by atoms with E-state index >= 15 is 0 Å². The Morgan fingerprint density at radius 1 is 0.344 bits per heavy atom. The lowest BCUT2D eigenvalue weighted by atomic mass is 9.95. The minimum atomic E-state index is 0.876. The third kappa shape index (κ3) is 5.74. The first-order valence-electron chi connectivity index (χ1n) is 20.8. The van der Waals surface area contributed by atoms with E-state index in [9.17, 15) is 0 Å². The Balaban J connectivity index is 1.07. The highest BCUT2D eigenvalue weighted by molar-refractivity contribution is 6.14. The number of para-hydroxylation sites is 6. The van der Waals surface area contributed by atoms with E-state index in [0.717, 1.165) is 61.4 Å². The molecule has 0 atom stereocenters. The minimum Gasteiger partial charge on any atom is -0.456 e. The SMILES string of the molecule is c1cc(-c2ccc(N(c3ccccc3-c3cccc4oc5ccccc5c34)c3ccccc3-n3c4ccccc4c4ccccc43)cc2)cc(-c2cccc3ccccc23)c1. The van der Waals surface area contributed by atoms with E-state index in [1.807, 2.05) is 6.07 Å². The molecule has 12 aromatic rings. The van der Waals surface area contributed by atoms with E-state index in [4.69, 9.17) is 4.42 Å². The van der Waals surface area contributed by atoms with Gasteiger partial charge in [-0.25, -0.2) is 0 Å². The molecule has 0 radical (unpaired) electrons. The lowest BCUT2D eigenvalue weighted by molar-refractivity contribution is 0.669. The van der Waals surface area contributed by atoms with Gasteiger partial charge in [0.2, 0.25) is 0 Å². The van der Waals surface area contributed by atoms with Gasteiger partial charge in [-0.3, -0.25) is 0 Å². The minimum absolute atomic E-state index is 0.876. The van der Waals surface area contributed by atoms with Gasteiger partial charge < -0.3 is 13.9 Å². The van der Waals surface area contributed by atoms with Crippen LogP contribution in [0.5, 0.6) is 0 Å². The molecule has 0 saturated heterocycles. The number of rotatable bonds is 7. The normalized spacial score (nSPS) is 11.6. The summed E-state index contributed by atoms with van der Waals surface area (Å²) in [5.41, 5.74) is 15.4. The fourth-order valence-electron chi connectivity index (χ4n) is 9.47. The summed E-state index contributed by atoms with van der Waals surface area (Å²) in [7, 11) is 0. The summed E-state index contributed by atoms with van der Waals surface area (Å²) in [5.74, 6) is 0. The predicted molar refractivity (Wildman–Crippen MR) is 257 cm³/mol. The van der Waals surface area contributed by atoms with E-state index in [1.54, 1.807) is 0 Å². The molecular formula is C58H38N2O. The Kier molecular flexibility index (Phi) is 8.17. The first-order valence-corrected chi connectivity index (χ1v) is 20.8. The molecular weight excluding hydrogens is 741 g/mol. The van der Waals surface area contributed by atoms with Gasteiger partial charge in [-0.2, -0.15) is 0 Å². The standard InChI is InChI=1S/C58H38N2O/c1-2-20-44-40(16-1)17-14-25-45(44)42-19-13-18-41(38-42)39-34-36-43(37-35-39)59(51-27-7-5-23-48(51)49-26-15-33-57-58(49)50-24-6-12-32-56(50)61-57)54-30-10-11-31-55(54)60-52-28-8-3-21-46(52)47-22-4-9-29-53(47)60/h1-38H. The molecule has 0 unspecified atom stereocenters. The second-order valence-corrected chi connectivity index (χ2v) is 15.6. The summed E-state index contributed by atoms with van der Waals surface area (Å²) in [4.78, 5) is 2.44. The third-order valence-electron chi connectivity index (χ3n) is 12.2. The van der Waals surface area contributed by atoms with E-state index < -0.39 is 0 Å². The molecule has 286 valence electrons. The van der Waals surface area contributed by atoms with Crippen molar-refractivity contribution >= 4 is 71.6 Å². The van der Waals surface area contributed by atoms with Crippen molar-refractivity contribution < 1.29 is 4.42 Å². The highest BCUT2D eigenvalue weighted by Crippen LogP contribution is 2.47. The van der Waals surface area contributed by atoms with Crippen molar-refractivity contribution in [3.63, 3.8) is 0 Å². The summed E-state index contributed by atoms with van der Waals surface area (Å²) >= 11 is 0. The van der Waals surface area contributed by atoms with Crippen molar-refractivity contribution in [1.29, 1.82) is 0 Å². The molecule has 3 nitrogen and oxygen atoms in total. The number of aromatic nitrogens is 1. The van der Waals surface area contributed by atoms with E-state index in [1.165, 1.54) is 49.3 Å². The van der Waals surface area contributed by atoms with Crippen LogP contribution < -0.4 is 4.90 Å². The summed E-state index contributed by atoms with van der Waals surface area (Å²) in [6.07, 6.45) is 0. The summed E-state index contributed by atoms with van der Waals surface area (Å²) in [5, 5.41) is 7.18. The number of nitrogens with zero attached hydrogens (tertiary/aromatic N) is 2. The Morgan fingerprint density at radius 2 is 0.902 bits per heavy atom. The van der Waals surface area contributed by atoms with Crippen molar-refractivity contribution in [2.45, 2.75) is 0 Å². The van der Waals surface area contributed by atoms with Gasteiger partial charge in [-0.15, -0.1) is 0 Å². The maximum absolute atomic E-state index is 6.43. The van der Waals surface area contributed by atoms with Gasteiger partial charge in [-0.05, 0) is 99.3 Å². The van der Waals surface area contributed by atoms with Crippen LogP contribution >= 0.6 is 0 Å². The fourth-order valence-corrected chi connectivity index (χ4v) is 9.47. The van der Waals surface area contributed by atoms with Gasteiger partial charge in [0.25, 0.3) is 0 Å². The largest absolute Gasteiger partial charge is 0.456 e. The predicted octanol–water partition coefficient (Wildman–Crippen LogP) is 16.3. The summed E-state index contributed by atoms with van der Waals surface area (Å²) < 4.78 is 8.85. The second-order valence-electron chi connectivity index (χ2n) is 15.6. The smallest absolute Gasteiger partial charge is 0.136 e.